The molecule has 0 aromatic rings. The lowest BCUT2D eigenvalue weighted by Gasteiger charge is -2.51. The van der Waals surface area contributed by atoms with Crippen LogP contribution in [-0.2, 0) is 4.79 Å². The van der Waals surface area contributed by atoms with E-state index in [1.807, 2.05) is 0 Å². The predicted molar refractivity (Wildman–Crippen MR) is 44.1 cm³/mol. The van der Waals surface area contributed by atoms with Gasteiger partial charge in [-0.15, -0.1) is 0 Å². The molecule has 3 saturated carbocycles. The quantitative estimate of drug-likeness (QED) is 0.484. The van der Waals surface area contributed by atoms with Gasteiger partial charge in [0.25, 0.3) is 0 Å². The van der Waals surface area contributed by atoms with Gasteiger partial charge < -0.3 is 0 Å². The molecule has 0 aromatic heterocycles. The minimum absolute atomic E-state index is 0.105. The van der Waals surface area contributed by atoms with Crippen LogP contribution >= 0.6 is 0 Å². The second-order valence-corrected chi connectivity index (χ2v) is 4.44. The Hall–Kier alpha value is -0.590. The molecule has 0 saturated heterocycles. The van der Waals surface area contributed by atoms with Crippen molar-refractivity contribution in [3.05, 3.63) is 12.2 Å². The molecular weight excluding hydrogens is 136 g/mol. The minimum atomic E-state index is -0.105. The highest BCUT2D eigenvalue weighted by Gasteiger charge is 2.52. The Morgan fingerprint density at radius 2 is 2.00 bits per heavy atom. The van der Waals surface area contributed by atoms with E-state index < -0.39 is 0 Å². The zero-order chi connectivity index (χ0) is 8.22. The van der Waals surface area contributed by atoms with Crippen molar-refractivity contribution in [1.82, 2.24) is 0 Å². The van der Waals surface area contributed by atoms with Crippen LogP contribution in [0.3, 0.4) is 0 Å². The van der Waals surface area contributed by atoms with E-state index >= 15 is 0 Å². The number of carbonyl (C=O) groups is 1. The molecule has 0 spiro atoms. The Kier molecular flexibility index (Phi) is 1.14. The van der Waals surface area contributed by atoms with E-state index in [9.17, 15) is 4.79 Å². The van der Waals surface area contributed by atoms with Crippen molar-refractivity contribution in [1.29, 1.82) is 0 Å². The molecule has 0 atom stereocenters. The van der Waals surface area contributed by atoms with Crippen LogP contribution in [-0.4, -0.2) is 5.78 Å². The number of ketones is 1. The fourth-order valence-electron chi connectivity index (χ4n) is 2.28. The lowest BCUT2D eigenvalue weighted by Crippen LogP contribution is -2.49. The molecule has 0 aromatic carbocycles. The molecule has 3 aliphatic rings. The van der Waals surface area contributed by atoms with Crippen molar-refractivity contribution >= 4 is 5.78 Å². The molecule has 11 heavy (non-hydrogen) atoms. The number of allylic oxidation sites excluding steroid dienone is 1. The minimum Gasteiger partial charge on any atom is -0.294 e. The molecule has 3 rings (SSSR count). The Balaban J connectivity index is 2.35. The molecule has 1 heteroatoms. The molecule has 3 aliphatic carbocycles. The van der Waals surface area contributed by atoms with Gasteiger partial charge >= 0.3 is 0 Å². The summed E-state index contributed by atoms with van der Waals surface area (Å²) in [6.45, 7) is 7.97. The van der Waals surface area contributed by atoms with Crippen LogP contribution in [0, 0.1) is 17.3 Å². The Bertz CT molecular complexity index is 231. The number of hydrogen-bond acceptors (Lipinski definition) is 1. The van der Waals surface area contributed by atoms with Gasteiger partial charge in [0.1, 0.15) is 0 Å². The van der Waals surface area contributed by atoms with Gasteiger partial charge in [-0.25, -0.2) is 0 Å². The lowest BCUT2D eigenvalue weighted by molar-refractivity contribution is -0.135. The average Bonchev–Trinajstić information content (AvgIpc) is 1.78. The summed E-state index contributed by atoms with van der Waals surface area (Å²) in [6.07, 6.45) is 2.41. The van der Waals surface area contributed by atoms with Gasteiger partial charge in [0, 0.05) is 5.41 Å². The fourth-order valence-corrected chi connectivity index (χ4v) is 2.28. The van der Waals surface area contributed by atoms with E-state index in [1.54, 1.807) is 0 Å². The van der Waals surface area contributed by atoms with Gasteiger partial charge in [-0.1, -0.05) is 20.4 Å². The van der Waals surface area contributed by atoms with Crippen LogP contribution in [0.15, 0.2) is 12.2 Å². The first-order chi connectivity index (χ1) is 5.03. The maximum absolute atomic E-state index is 11.6. The summed E-state index contributed by atoms with van der Waals surface area (Å²) in [5.41, 5.74) is 0.781. The smallest absolute Gasteiger partial charge is 0.164 e. The van der Waals surface area contributed by atoms with E-state index in [0.29, 0.717) is 17.6 Å². The lowest BCUT2D eigenvalue weighted by atomic mass is 9.51. The maximum atomic E-state index is 11.6. The van der Waals surface area contributed by atoms with Crippen molar-refractivity contribution in [3.8, 4) is 0 Å². The van der Waals surface area contributed by atoms with Crippen molar-refractivity contribution < 1.29 is 4.79 Å². The fraction of sp³-hybridized carbons (Fsp3) is 0.700. The largest absolute Gasteiger partial charge is 0.294 e. The summed E-state index contributed by atoms with van der Waals surface area (Å²) in [4.78, 5) is 11.6. The summed E-state index contributed by atoms with van der Waals surface area (Å²) in [5, 5.41) is 0. The summed E-state index contributed by atoms with van der Waals surface area (Å²) >= 11 is 0. The van der Waals surface area contributed by atoms with Gasteiger partial charge in [-0.3, -0.25) is 4.79 Å². The van der Waals surface area contributed by atoms with E-state index in [-0.39, 0.29) is 5.41 Å². The van der Waals surface area contributed by atoms with Crippen LogP contribution < -0.4 is 0 Å². The first-order valence-electron chi connectivity index (χ1n) is 4.27. The summed E-state index contributed by atoms with van der Waals surface area (Å²) in [7, 11) is 0. The second-order valence-electron chi connectivity index (χ2n) is 4.44. The van der Waals surface area contributed by atoms with Gasteiger partial charge in [-0.05, 0) is 30.3 Å². The van der Waals surface area contributed by atoms with Crippen molar-refractivity contribution in [3.63, 3.8) is 0 Å². The van der Waals surface area contributed by atoms with Crippen LogP contribution in [0.1, 0.15) is 26.7 Å². The molecular formula is C10H14O. The molecule has 3 fully saturated rings. The predicted octanol–water partition coefficient (Wildman–Crippen LogP) is 2.18. The van der Waals surface area contributed by atoms with E-state index in [1.165, 1.54) is 12.8 Å². The number of Topliss-reactive ketones (excluding diaryl/α,β-unsaturated/α-hetero) is 1. The zero-order valence-electron chi connectivity index (χ0n) is 7.18. The number of carbonyl (C=O) groups excluding carboxylic acids is 1. The third kappa shape index (κ3) is 0.688. The molecule has 2 bridgehead atoms. The first kappa shape index (κ1) is 7.08. The normalized spacial score (nSPS) is 40.2. The Morgan fingerprint density at radius 3 is 2.36 bits per heavy atom. The van der Waals surface area contributed by atoms with Crippen LogP contribution in [0.5, 0.6) is 0 Å². The van der Waals surface area contributed by atoms with Gasteiger partial charge in [0.05, 0.1) is 0 Å². The molecule has 60 valence electrons. The topological polar surface area (TPSA) is 17.1 Å². The molecule has 0 amide bonds. The number of rotatable bonds is 0. The van der Waals surface area contributed by atoms with Crippen LogP contribution in [0.2, 0.25) is 0 Å². The molecule has 1 nitrogen and oxygen atoms in total. The highest BCUT2D eigenvalue weighted by molar-refractivity contribution is 6.01. The van der Waals surface area contributed by atoms with Crippen molar-refractivity contribution in [2.45, 2.75) is 26.7 Å². The standard InChI is InChI=1S/C10H14O/c1-6-7-4-8(5-7)10(2,3)9(6)11/h7-8H,1,4-5H2,2-3H3. The van der Waals surface area contributed by atoms with Gasteiger partial charge in [0.15, 0.2) is 5.78 Å². The average molecular weight is 150 g/mol. The maximum Gasteiger partial charge on any atom is 0.164 e. The van der Waals surface area contributed by atoms with E-state index in [0.717, 1.165) is 5.57 Å². The number of fused-ring (bicyclic) bond motifs is 2. The second kappa shape index (κ2) is 1.77. The van der Waals surface area contributed by atoms with Crippen molar-refractivity contribution in [2.75, 3.05) is 0 Å². The van der Waals surface area contributed by atoms with E-state index in [4.69, 9.17) is 0 Å². The van der Waals surface area contributed by atoms with Crippen LogP contribution in [0.25, 0.3) is 0 Å². The van der Waals surface area contributed by atoms with Crippen LogP contribution in [0.4, 0.5) is 0 Å². The highest BCUT2D eigenvalue weighted by atomic mass is 16.1. The third-order valence-electron chi connectivity index (χ3n) is 3.53. The molecule has 0 N–H and O–H groups in total. The monoisotopic (exact) mass is 150 g/mol. The summed E-state index contributed by atoms with van der Waals surface area (Å²) in [6, 6.07) is 0. The molecule has 0 radical (unpaired) electrons. The van der Waals surface area contributed by atoms with E-state index in [2.05, 4.69) is 20.4 Å². The molecule has 0 heterocycles. The van der Waals surface area contributed by atoms with Crippen molar-refractivity contribution in [2.24, 2.45) is 17.3 Å². The SMILES string of the molecule is C=C1C(=O)C(C)(C)C2CC1C2. The third-order valence-corrected chi connectivity index (χ3v) is 3.53. The molecule has 0 aliphatic heterocycles. The number of hydrogen-bond donors (Lipinski definition) is 0. The van der Waals surface area contributed by atoms with Gasteiger partial charge in [0.2, 0.25) is 0 Å². The first-order valence-corrected chi connectivity index (χ1v) is 4.27. The molecule has 0 unspecified atom stereocenters. The van der Waals surface area contributed by atoms with Gasteiger partial charge in [-0.2, -0.15) is 0 Å². The summed E-state index contributed by atoms with van der Waals surface area (Å²) < 4.78 is 0. The summed E-state index contributed by atoms with van der Waals surface area (Å²) in [5.74, 6) is 1.50. The Morgan fingerprint density at radius 1 is 1.45 bits per heavy atom. The Labute approximate surface area is 67.5 Å². The zero-order valence-corrected chi connectivity index (χ0v) is 7.18. The highest BCUT2D eigenvalue weighted by Crippen LogP contribution is 2.55.